The molecule has 1 aromatic carbocycles. The van der Waals surface area contributed by atoms with Gasteiger partial charge in [-0.25, -0.2) is 4.79 Å². The third kappa shape index (κ3) is 3.07. The number of rotatable bonds is 5. The third-order valence-electron chi connectivity index (χ3n) is 2.80. The van der Waals surface area contributed by atoms with Crippen LogP contribution in [-0.2, 0) is 16.1 Å². The van der Waals surface area contributed by atoms with Crippen LogP contribution in [0.15, 0.2) is 18.2 Å². The van der Waals surface area contributed by atoms with E-state index in [0.29, 0.717) is 16.7 Å². The highest BCUT2D eigenvalue weighted by molar-refractivity contribution is 5.75. The molecule has 0 fully saturated rings. The first-order valence-corrected chi connectivity index (χ1v) is 5.74. The van der Waals surface area contributed by atoms with Crippen molar-refractivity contribution in [2.24, 2.45) is 0 Å². The molecule has 0 amide bonds. The Morgan fingerprint density at radius 1 is 1.39 bits per heavy atom. The maximum atomic E-state index is 11.3. The summed E-state index contributed by atoms with van der Waals surface area (Å²) in [5.41, 5.74) is 1.69. The van der Waals surface area contributed by atoms with Gasteiger partial charge in [-0.15, -0.1) is 0 Å². The number of esters is 1. The van der Waals surface area contributed by atoms with E-state index in [0.717, 1.165) is 0 Å². The SMILES string of the molecule is CCOC(=O)C(O)C(O)c1cccc(CO)c1C. The predicted octanol–water partition coefficient (Wildman–Crippen LogP) is 0.445. The Hall–Kier alpha value is -1.43. The zero-order valence-corrected chi connectivity index (χ0v) is 10.5. The number of carbonyl (C=O) groups is 1. The molecule has 0 saturated heterocycles. The maximum Gasteiger partial charge on any atom is 0.338 e. The van der Waals surface area contributed by atoms with E-state index in [1.807, 2.05) is 0 Å². The van der Waals surface area contributed by atoms with Gasteiger partial charge in [0.2, 0.25) is 0 Å². The molecule has 0 radical (unpaired) electrons. The molecule has 0 bridgehead atoms. The topological polar surface area (TPSA) is 87.0 Å². The van der Waals surface area contributed by atoms with Crippen LogP contribution in [0.4, 0.5) is 0 Å². The fraction of sp³-hybridized carbons (Fsp3) is 0.462. The van der Waals surface area contributed by atoms with Gasteiger partial charge in [-0.2, -0.15) is 0 Å². The monoisotopic (exact) mass is 254 g/mol. The lowest BCUT2D eigenvalue weighted by atomic mass is 9.96. The second-order valence-corrected chi connectivity index (χ2v) is 3.93. The summed E-state index contributed by atoms with van der Waals surface area (Å²) in [7, 11) is 0. The van der Waals surface area contributed by atoms with E-state index in [4.69, 9.17) is 5.11 Å². The fourth-order valence-electron chi connectivity index (χ4n) is 1.72. The molecule has 1 rings (SSSR count). The van der Waals surface area contributed by atoms with E-state index < -0.39 is 18.2 Å². The average molecular weight is 254 g/mol. The van der Waals surface area contributed by atoms with E-state index in [-0.39, 0.29) is 13.2 Å². The number of benzene rings is 1. The van der Waals surface area contributed by atoms with Gasteiger partial charge in [0, 0.05) is 0 Å². The van der Waals surface area contributed by atoms with Crippen LogP contribution in [0.25, 0.3) is 0 Å². The van der Waals surface area contributed by atoms with Crippen LogP contribution in [0.2, 0.25) is 0 Å². The van der Waals surface area contributed by atoms with Gasteiger partial charge in [0.05, 0.1) is 13.2 Å². The molecule has 3 N–H and O–H groups in total. The molecule has 2 atom stereocenters. The molecular formula is C13H18O5. The number of hydrogen-bond donors (Lipinski definition) is 3. The third-order valence-corrected chi connectivity index (χ3v) is 2.80. The first-order chi connectivity index (χ1) is 8.52. The van der Waals surface area contributed by atoms with Crippen molar-refractivity contribution in [2.75, 3.05) is 6.61 Å². The summed E-state index contributed by atoms with van der Waals surface area (Å²) < 4.78 is 4.64. The Labute approximate surface area is 106 Å². The van der Waals surface area contributed by atoms with Crippen molar-refractivity contribution >= 4 is 5.97 Å². The molecule has 18 heavy (non-hydrogen) atoms. The van der Waals surface area contributed by atoms with Gasteiger partial charge in [0.25, 0.3) is 0 Å². The average Bonchev–Trinajstić information content (AvgIpc) is 2.37. The van der Waals surface area contributed by atoms with E-state index in [9.17, 15) is 15.0 Å². The molecule has 1 aromatic rings. The molecule has 0 aromatic heterocycles. The molecule has 0 saturated carbocycles. The number of aliphatic hydroxyl groups excluding tert-OH is 3. The molecule has 5 heteroatoms. The fourth-order valence-corrected chi connectivity index (χ4v) is 1.72. The van der Waals surface area contributed by atoms with Gasteiger partial charge in [-0.05, 0) is 30.5 Å². The molecule has 5 nitrogen and oxygen atoms in total. The van der Waals surface area contributed by atoms with E-state index in [2.05, 4.69) is 4.74 Å². The highest BCUT2D eigenvalue weighted by Gasteiger charge is 2.28. The van der Waals surface area contributed by atoms with Crippen molar-refractivity contribution in [2.45, 2.75) is 32.7 Å². The molecule has 0 aliphatic carbocycles. The lowest BCUT2D eigenvalue weighted by molar-refractivity contribution is -0.159. The Morgan fingerprint density at radius 3 is 2.61 bits per heavy atom. The minimum atomic E-state index is -1.63. The van der Waals surface area contributed by atoms with Crippen molar-refractivity contribution in [3.63, 3.8) is 0 Å². The van der Waals surface area contributed by atoms with Gasteiger partial charge < -0.3 is 20.1 Å². The zero-order chi connectivity index (χ0) is 13.7. The smallest absolute Gasteiger partial charge is 0.338 e. The lowest BCUT2D eigenvalue weighted by Crippen LogP contribution is -2.30. The Kier molecular flexibility index (Phi) is 5.27. The molecular weight excluding hydrogens is 236 g/mol. The molecule has 0 spiro atoms. The predicted molar refractivity (Wildman–Crippen MR) is 64.7 cm³/mol. The summed E-state index contributed by atoms with van der Waals surface area (Å²) >= 11 is 0. The van der Waals surface area contributed by atoms with Crippen LogP contribution in [0.5, 0.6) is 0 Å². The standard InChI is InChI=1S/C13H18O5/c1-3-18-13(17)12(16)11(15)10-6-4-5-9(7-14)8(10)2/h4-6,11-12,14-16H,3,7H2,1-2H3. The quantitative estimate of drug-likeness (QED) is 0.664. The minimum Gasteiger partial charge on any atom is -0.464 e. The highest BCUT2D eigenvalue weighted by Crippen LogP contribution is 2.24. The van der Waals surface area contributed by atoms with Crippen LogP contribution in [0.1, 0.15) is 29.7 Å². The van der Waals surface area contributed by atoms with Crippen LogP contribution in [-0.4, -0.2) is 34.0 Å². The van der Waals surface area contributed by atoms with Crippen LogP contribution in [0, 0.1) is 6.92 Å². The van der Waals surface area contributed by atoms with Gasteiger partial charge in [0.15, 0.2) is 6.10 Å². The summed E-state index contributed by atoms with van der Waals surface area (Å²) in [4.78, 5) is 11.3. The lowest BCUT2D eigenvalue weighted by Gasteiger charge is -2.19. The molecule has 0 aliphatic heterocycles. The molecule has 0 heterocycles. The van der Waals surface area contributed by atoms with Crippen molar-refractivity contribution < 1.29 is 24.9 Å². The van der Waals surface area contributed by atoms with Gasteiger partial charge in [0.1, 0.15) is 6.10 Å². The second kappa shape index (κ2) is 6.49. The normalized spacial score (nSPS) is 14.1. The zero-order valence-electron chi connectivity index (χ0n) is 10.5. The first kappa shape index (κ1) is 14.6. The van der Waals surface area contributed by atoms with Crippen LogP contribution < -0.4 is 0 Å². The largest absolute Gasteiger partial charge is 0.464 e. The molecule has 0 aliphatic rings. The Bertz CT molecular complexity index is 416. The van der Waals surface area contributed by atoms with Crippen molar-refractivity contribution in [3.05, 3.63) is 34.9 Å². The Morgan fingerprint density at radius 2 is 2.06 bits per heavy atom. The summed E-state index contributed by atoms with van der Waals surface area (Å²) in [5.74, 6) is -0.862. The van der Waals surface area contributed by atoms with Gasteiger partial charge in [-0.1, -0.05) is 18.2 Å². The van der Waals surface area contributed by atoms with Crippen molar-refractivity contribution in [1.29, 1.82) is 0 Å². The maximum absolute atomic E-state index is 11.3. The van der Waals surface area contributed by atoms with E-state index in [1.54, 1.807) is 32.0 Å². The number of aliphatic hydroxyl groups is 3. The van der Waals surface area contributed by atoms with Gasteiger partial charge >= 0.3 is 5.97 Å². The minimum absolute atomic E-state index is 0.137. The number of ether oxygens (including phenoxy) is 1. The molecule has 2 unspecified atom stereocenters. The Balaban J connectivity index is 2.96. The number of carbonyl (C=O) groups excluding carboxylic acids is 1. The van der Waals surface area contributed by atoms with E-state index in [1.165, 1.54) is 0 Å². The summed E-state index contributed by atoms with van der Waals surface area (Å²) in [6, 6.07) is 4.96. The van der Waals surface area contributed by atoms with Crippen molar-refractivity contribution in [3.8, 4) is 0 Å². The van der Waals surface area contributed by atoms with E-state index >= 15 is 0 Å². The molecule has 100 valence electrons. The van der Waals surface area contributed by atoms with Gasteiger partial charge in [-0.3, -0.25) is 0 Å². The number of hydrogen-bond acceptors (Lipinski definition) is 5. The highest BCUT2D eigenvalue weighted by atomic mass is 16.5. The van der Waals surface area contributed by atoms with Crippen LogP contribution >= 0.6 is 0 Å². The van der Waals surface area contributed by atoms with Crippen LogP contribution in [0.3, 0.4) is 0 Å². The van der Waals surface area contributed by atoms with Crippen molar-refractivity contribution in [1.82, 2.24) is 0 Å². The summed E-state index contributed by atoms with van der Waals surface area (Å²) in [6.07, 6.45) is -2.99. The summed E-state index contributed by atoms with van der Waals surface area (Å²) in [6.45, 7) is 3.30. The summed E-state index contributed by atoms with van der Waals surface area (Å²) in [5, 5.41) is 28.7. The second-order valence-electron chi connectivity index (χ2n) is 3.93. The first-order valence-electron chi connectivity index (χ1n) is 5.74.